The Morgan fingerprint density at radius 2 is 1.63 bits per heavy atom. The van der Waals surface area contributed by atoms with E-state index in [0.29, 0.717) is 0 Å². The number of rotatable bonds is 6. The van der Waals surface area contributed by atoms with E-state index in [1.165, 1.54) is 0 Å². The Morgan fingerprint density at radius 3 is 2.22 bits per heavy atom. The molecule has 0 unspecified atom stereocenters. The van der Waals surface area contributed by atoms with Gasteiger partial charge in [-0.25, -0.2) is 0 Å². The summed E-state index contributed by atoms with van der Waals surface area (Å²) in [6.07, 6.45) is 1.99. The first-order valence-corrected chi connectivity index (χ1v) is 12.5. The van der Waals surface area contributed by atoms with E-state index in [0.717, 1.165) is 33.9 Å². The Bertz CT molecular complexity index is 912. The predicted molar refractivity (Wildman–Crippen MR) is 112 cm³/mol. The van der Waals surface area contributed by atoms with Crippen molar-refractivity contribution >= 4 is 14.4 Å². The van der Waals surface area contributed by atoms with Gasteiger partial charge in [-0.15, -0.1) is 0 Å². The maximum absolute atomic E-state index is 6.58. The van der Waals surface area contributed by atoms with Crippen LogP contribution in [0.1, 0.15) is 22.9 Å². The minimum Gasteiger partial charge on any atom is -0.546 e. The van der Waals surface area contributed by atoms with E-state index in [9.17, 15) is 0 Å². The van der Waals surface area contributed by atoms with E-state index >= 15 is 0 Å². The van der Waals surface area contributed by atoms with Crippen LogP contribution in [0.15, 0.2) is 70.9 Å². The molecule has 0 saturated heterocycles. The van der Waals surface area contributed by atoms with Crippen molar-refractivity contribution in [2.24, 2.45) is 5.73 Å². The Morgan fingerprint density at radius 1 is 1.04 bits per heavy atom. The van der Waals surface area contributed by atoms with Crippen LogP contribution >= 0.6 is 0 Å². The van der Waals surface area contributed by atoms with Crippen molar-refractivity contribution in [3.05, 3.63) is 83.2 Å². The molecule has 0 bridgehead atoms. The van der Waals surface area contributed by atoms with Gasteiger partial charge in [-0.05, 0) is 38.2 Å². The molecule has 5 heteroatoms. The smallest absolute Gasteiger partial charge is 0.241 e. The highest BCUT2D eigenvalue weighted by Gasteiger charge is 2.24. The van der Waals surface area contributed by atoms with Crippen LogP contribution < -0.4 is 5.73 Å². The van der Waals surface area contributed by atoms with Crippen LogP contribution in [-0.4, -0.2) is 13.5 Å². The predicted octanol–water partition coefficient (Wildman–Crippen LogP) is 5.54. The van der Waals surface area contributed by atoms with Gasteiger partial charge in [0.25, 0.3) is 0 Å². The summed E-state index contributed by atoms with van der Waals surface area (Å²) >= 11 is 0. The van der Waals surface area contributed by atoms with Gasteiger partial charge in [0.1, 0.15) is 5.76 Å². The van der Waals surface area contributed by atoms with Gasteiger partial charge in [-0.3, -0.25) is 0 Å². The van der Waals surface area contributed by atoms with Gasteiger partial charge in [0, 0.05) is 11.1 Å². The lowest BCUT2D eigenvalue weighted by Crippen LogP contribution is -2.29. The van der Waals surface area contributed by atoms with E-state index in [-0.39, 0.29) is 6.04 Å². The maximum Gasteiger partial charge on any atom is 0.241 e. The average Bonchev–Trinajstić information content (AvgIpc) is 3.01. The largest absolute Gasteiger partial charge is 0.546 e. The zero-order valence-electron chi connectivity index (χ0n) is 16.3. The van der Waals surface area contributed by atoms with Crippen LogP contribution in [0.5, 0.6) is 0 Å². The molecule has 0 radical (unpaired) electrons. The standard InChI is InChI=1S/C22H26N2O2Si/c1-16-19(22(25-24-16)18-13-9-6-10-14-18)15-20(26-27(2,3)4)21(23)17-11-7-5-8-12-17/h5-15,21H,23H2,1-4H3/t21-/m1/s1. The van der Waals surface area contributed by atoms with Crippen LogP contribution in [-0.2, 0) is 4.43 Å². The van der Waals surface area contributed by atoms with Gasteiger partial charge in [0.15, 0.2) is 5.76 Å². The molecular formula is C22H26N2O2Si. The quantitative estimate of drug-likeness (QED) is 0.452. The summed E-state index contributed by atoms with van der Waals surface area (Å²) in [6, 6.07) is 19.6. The number of hydrogen-bond acceptors (Lipinski definition) is 4. The molecule has 27 heavy (non-hydrogen) atoms. The third-order valence-electron chi connectivity index (χ3n) is 4.12. The summed E-state index contributed by atoms with van der Waals surface area (Å²) in [5.74, 6) is 1.47. The Kier molecular flexibility index (Phi) is 5.63. The first kappa shape index (κ1) is 19.1. The fraction of sp³-hybridized carbons (Fsp3) is 0.227. The summed E-state index contributed by atoms with van der Waals surface area (Å²) in [5, 5.41) is 4.17. The molecule has 4 nitrogen and oxygen atoms in total. The molecule has 0 aliphatic heterocycles. The second-order valence-electron chi connectivity index (χ2n) is 7.53. The Balaban J connectivity index is 2.08. The molecule has 1 heterocycles. The molecule has 1 atom stereocenters. The lowest BCUT2D eigenvalue weighted by atomic mass is 10.0. The number of hydrogen-bond donors (Lipinski definition) is 1. The van der Waals surface area contributed by atoms with Crippen LogP contribution in [0.25, 0.3) is 17.4 Å². The second kappa shape index (κ2) is 7.94. The summed E-state index contributed by atoms with van der Waals surface area (Å²) in [5.41, 5.74) is 10.3. The van der Waals surface area contributed by atoms with Crippen molar-refractivity contribution in [1.82, 2.24) is 5.16 Å². The van der Waals surface area contributed by atoms with Crippen molar-refractivity contribution in [3.63, 3.8) is 0 Å². The fourth-order valence-corrected chi connectivity index (χ4v) is 3.74. The number of nitrogens with two attached hydrogens (primary N) is 1. The minimum atomic E-state index is -1.86. The molecule has 3 rings (SSSR count). The third kappa shape index (κ3) is 4.75. The molecule has 0 spiro atoms. The van der Waals surface area contributed by atoms with E-state index < -0.39 is 8.32 Å². The minimum absolute atomic E-state index is 0.351. The highest BCUT2D eigenvalue weighted by Crippen LogP contribution is 2.32. The lowest BCUT2D eigenvalue weighted by molar-refractivity contribution is 0.387. The SMILES string of the molecule is Cc1noc(-c2ccccc2)c1C=C(O[Si](C)(C)C)[C@H](N)c1ccccc1. The number of nitrogens with zero attached hydrogens (tertiary/aromatic N) is 1. The third-order valence-corrected chi connectivity index (χ3v) is 4.97. The molecular weight excluding hydrogens is 352 g/mol. The molecule has 2 aromatic carbocycles. The summed E-state index contributed by atoms with van der Waals surface area (Å²) in [7, 11) is -1.86. The van der Waals surface area contributed by atoms with Gasteiger partial charge >= 0.3 is 0 Å². The zero-order chi connectivity index (χ0) is 19.4. The molecule has 2 N–H and O–H groups in total. The van der Waals surface area contributed by atoms with Gasteiger partial charge < -0.3 is 14.7 Å². The van der Waals surface area contributed by atoms with Crippen molar-refractivity contribution in [1.29, 1.82) is 0 Å². The first-order valence-electron chi connectivity index (χ1n) is 9.08. The number of aryl methyl sites for hydroxylation is 1. The van der Waals surface area contributed by atoms with Gasteiger partial charge in [-0.2, -0.15) is 0 Å². The van der Waals surface area contributed by atoms with E-state index in [1.807, 2.05) is 73.7 Å². The van der Waals surface area contributed by atoms with Crippen molar-refractivity contribution in [2.75, 3.05) is 0 Å². The van der Waals surface area contributed by atoms with E-state index in [4.69, 9.17) is 14.7 Å². The molecule has 140 valence electrons. The number of benzene rings is 2. The van der Waals surface area contributed by atoms with Gasteiger partial charge in [-0.1, -0.05) is 65.8 Å². The molecule has 0 aliphatic rings. The van der Waals surface area contributed by atoms with Gasteiger partial charge in [0.05, 0.1) is 11.7 Å². The summed E-state index contributed by atoms with van der Waals surface area (Å²) in [6.45, 7) is 8.38. The summed E-state index contributed by atoms with van der Waals surface area (Å²) < 4.78 is 12.0. The first-order chi connectivity index (χ1) is 12.8. The van der Waals surface area contributed by atoms with Crippen molar-refractivity contribution in [3.8, 4) is 11.3 Å². The second-order valence-corrected chi connectivity index (χ2v) is 12.0. The molecule has 0 fully saturated rings. The zero-order valence-corrected chi connectivity index (χ0v) is 17.3. The monoisotopic (exact) mass is 378 g/mol. The normalized spacial score (nSPS) is 13.4. The van der Waals surface area contributed by atoms with E-state index in [1.54, 1.807) is 0 Å². The molecule has 0 saturated carbocycles. The maximum atomic E-state index is 6.58. The van der Waals surface area contributed by atoms with Crippen LogP contribution in [0.4, 0.5) is 0 Å². The Labute approximate surface area is 161 Å². The molecule has 1 aromatic heterocycles. The van der Waals surface area contributed by atoms with Crippen LogP contribution in [0, 0.1) is 6.92 Å². The highest BCUT2D eigenvalue weighted by molar-refractivity contribution is 6.70. The average molecular weight is 379 g/mol. The molecule has 0 aliphatic carbocycles. The van der Waals surface area contributed by atoms with E-state index in [2.05, 4.69) is 24.8 Å². The van der Waals surface area contributed by atoms with Crippen LogP contribution in [0.3, 0.4) is 0 Å². The van der Waals surface area contributed by atoms with Gasteiger partial charge in [0.2, 0.25) is 8.32 Å². The van der Waals surface area contributed by atoms with Crippen molar-refractivity contribution in [2.45, 2.75) is 32.6 Å². The lowest BCUT2D eigenvalue weighted by Gasteiger charge is -2.26. The number of aromatic nitrogens is 1. The molecule has 0 amide bonds. The Hall–Kier alpha value is -2.63. The van der Waals surface area contributed by atoms with Crippen molar-refractivity contribution < 1.29 is 8.95 Å². The molecule has 3 aromatic rings. The highest BCUT2D eigenvalue weighted by atomic mass is 28.4. The fourth-order valence-electron chi connectivity index (χ4n) is 2.85. The topological polar surface area (TPSA) is 61.3 Å². The van der Waals surface area contributed by atoms with Crippen LogP contribution in [0.2, 0.25) is 19.6 Å². The summed E-state index contributed by atoms with van der Waals surface area (Å²) in [4.78, 5) is 0.